The molecule has 3 aromatic carbocycles. The summed E-state index contributed by atoms with van der Waals surface area (Å²) in [6, 6.07) is 15.4. The summed E-state index contributed by atoms with van der Waals surface area (Å²) in [6.07, 6.45) is -3.47. The molecule has 7 nitrogen and oxygen atoms in total. The first-order valence-electron chi connectivity index (χ1n) is 11.9. The van der Waals surface area contributed by atoms with Gasteiger partial charge in [-0.05, 0) is 55.3 Å². The van der Waals surface area contributed by atoms with Crippen LogP contribution >= 0.6 is 0 Å². The number of hydrogen-bond donors (Lipinski definition) is 1. The number of hydrogen-bond acceptors (Lipinski definition) is 4. The third-order valence-corrected chi connectivity index (χ3v) is 7.90. The van der Waals surface area contributed by atoms with E-state index >= 15 is 0 Å². The van der Waals surface area contributed by atoms with Crippen molar-refractivity contribution in [1.29, 1.82) is 0 Å². The quantitative estimate of drug-likeness (QED) is 0.287. The first-order valence-corrected chi connectivity index (χ1v) is 13.3. The first kappa shape index (κ1) is 27.2. The molecular weight excluding hydrogens is 519 g/mol. The Kier molecular flexibility index (Phi) is 7.50. The number of rotatable bonds is 9. The average molecular weight is 546 g/mol. The maximum absolute atomic E-state index is 13.8. The zero-order valence-electron chi connectivity index (χ0n) is 20.7. The molecule has 0 atom stereocenters. The number of imidazole rings is 1. The van der Waals surface area contributed by atoms with Crippen LogP contribution in [0.25, 0.3) is 11.0 Å². The number of alkyl halides is 3. The SMILES string of the molecule is CCCc1nc2cc(N(Cc3ccccc3C(F)(F)F)S(=O)(=O)c3ccc(C)cc3)ccc2n1CC(=O)O. The molecular formula is C27H26F3N3O4S. The van der Waals surface area contributed by atoms with Crippen molar-refractivity contribution in [3.05, 3.63) is 89.2 Å². The Morgan fingerprint density at radius 1 is 1.05 bits per heavy atom. The van der Waals surface area contributed by atoms with Gasteiger partial charge in [0.25, 0.3) is 10.0 Å². The summed E-state index contributed by atoms with van der Waals surface area (Å²) in [5, 5.41) is 9.36. The number of anilines is 1. The van der Waals surface area contributed by atoms with Crippen LogP contribution in [0.2, 0.25) is 0 Å². The van der Waals surface area contributed by atoms with Gasteiger partial charge >= 0.3 is 12.1 Å². The highest BCUT2D eigenvalue weighted by atomic mass is 32.2. The molecule has 0 aliphatic heterocycles. The Hall–Kier alpha value is -3.86. The van der Waals surface area contributed by atoms with Gasteiger partial charge < -0.3 is 9.67 Å². The lowest BCUT2D eigenvalue weighted by atomic mass is 10.1. The van der Waals surface area contributed by atoms with Gasteiger partial charge in [0.05, 0.1) is 33.7 Å². The second-order valence-corrected chi connectivity index (χ2v) is 10.8. The molecule has 0 saturated heterocycles. The summed E-state index contributed by atoms with van der Waals surface area (Å²) in [4.78, 5) is 15.9. The molecule has 1 N–H and O–H groups in total. The monoisotopic (exact) mass is 545 g/mol. The Morgan fingerprint density at radius 3 is 2.37 bits per heavy atom. The summed E-state index contributed by atoms with van der Waals surface area (Å²) in [7, 11) is -4.30. The number of carboxylic acids is 1. The number of sulfonamides is 1. The van der Waals surface area contributed by atoms with Gasteiger partial charge in [0, 0.05) is 6.42 Å². The number of carbonyl (C=O) groups is 1. The third-order valence-electron chi connectivity index (χ3n) is 6.11. The standard InChI is InChI=1S/C27H26F3N3O4S/c1-3-6-25-31-23-15-20(11-14-24(23)32(25)17-26(34)35)33(38(36,37)21-12-9-18(2)10-13-21)16-19-7-4-5-8-22(19)27(28,29)30/h4-5,7-15H,3,6,16-17H2,1-2H3,(H,34,35). The van der Waals surface area contributed by atoms with Crippen LogP contribution in [0.5, 0.6) is 0 Å². The van der Waals surface area contributed by atoms with E-state index in [1.807, 2.05) is 6.92 Å². The van der Waals surface area contributed by atoms with E-state index in [0.717, 1.165) is 15.9 Å². The van der Waals surface area contributed by atoms with E-state index in [9.17, 15) is 31.5 Å². The van der Waals surface area contributed by atoms with Crippen LogP contribution in [0.1, 0.15) is 35.9 Å². The normalized spacial score (nSPS) is 12.1. The molecule has 1 aromatic heterocycles. The molecule has 0 saturated carbocycles. The van der Waals surface area contributed by atoms with Crippen LogP contribution in [0.4, 0.5) is 18.9 Å². The van der Waals surface area contributed by atoms with Gasteiger partial charge in [0.1, 0.15) is 12.4 Å². The van der Waals surface area contributed by atoms with Crippen LogP contribution in [0.3, 0.4) is 0 Å². The molecule has 0 amide bonds. The van der Waals surface area contributed by atoms with Crippen molar-refractivity contribution in [3.8, 4) is 0 Å². The molecule has 0 aliphatic carbocycles. The predicted octanol–water partition coefficient (Wildman–Crippen LogP) is 5.80. The number of carboxylic acid groups (broad SMARTS) is 1. The second-order valence-electron chi connectivity index (χ2n) is 8.91. The van der Waals surface area contributed by atoms with Crippen molar-refractivity contribution in [2.75, 3.05) is 4.31 Å². The van der Waals surface area contributed by atoms with Gasteiger partial charge in [0.15, 0.2) is 0 Å². The molecule has 0 radical (unpaired) electrons. The molecule has 1 heterocycles. The molecule has 0 unspecified atom stereocenters. The highest BCUT2D eigenvalue weighted by Crippen LogP contribution is 2.35. The van der Waals surface area contributed by atoms with Gasteiger partial charge in [-0.15, -0.1) is 0 Å². The van der Waals surface area contributed by atoms with Crippen LogP contribution in [0.15, 0.2) is 71.6 Å². The van der Waals surface area contributed by atoms with Gasteiger partial charge in [-0.3, -0.25) is 9.10 Å². The smallest absolute Gasteiger partial charge is 0.416 e. The number of aromatic nitrogens is 2. The maximum atomic E-state index is 13.8. The Labute approximate surface area is 218 Å². The van der Waals surface area contributed by atoms with Gasteiger partial charge in [-0.2, -0.15) is 13.2 Å². The molecule has 11 heteroatoms. The van der Waals surface area contributed by atoms with Crippen molar-refractivity contribution < 1.29 is 31.5 Å². The van der Waals surface area contributed by atoms with Gasteiger partial charge in [-0.25, -0.2) is 13.4 Å². The minimum atomic E-state index is -4.68. The number of aliphatic carboxylic acids is 1. The summed E-state index contributed by atoms with van der Waals surface area (Å²) in [5.41, 5.74) is 0.633. The van der Waals surface area contributed by atoms with E-state index in [1.54, 1.807) is 29.7 Å². The molecule has 0 spiro atoms. The van der Waals surface area contributed by atoms with E-state index < -0.39 is 34.3 Å². The Balaban J connectivity index is 1.89. The largest absolute Gasteiger partial charge is 0.480 e. The zero-order valence-corrected chi connectivity index (χ0v) is 21.6. The topological polar surface area (TPSA) is 92.5 Å². The summed E-state index contributed by atoms with van der Waals surface area (Å²) in [6.45, 7) is 2.82. The van der Waals surface area contributed by atoms with Crippen molar-refractivity contribution in [3.63, 3.8) is 0 Å². The molecule has 0 aliphatic rings. The number of nitrogens with zero attached hydrogens (tertiary/aromatic N) is 3. The van der Waals surface area contributed by atoms with Crippen molar-refractivity contribution >= 4 is 32.7 Å². The van der Waals surface area contributed by atoms with Gasteiger partial charge in [0.2, 0.25) is 0 Å². The van der Waals surface area contributed by atoms with E-state index in [1.165, 1.54) is 42.5 Å². The molecule has 4 rings (SSSR count). The second kappa shape index (κ2) is 10.5. The Morgan fingerprint density at radius 2 is 1.74 bits per heavy atom. The van der Waals surface area contributed by atoms with Crippen molar-refractivity contribution in [1.82, 2.24) is 9.55 Å². The van der Waals surface area contributed by atoms with Crippen LogP contribution in [0, 0.1) is 6.92 Å². The summed E-state index contributed by atoms with van der Waals surface area (Å²) >= 11 is 0. The predicted molar refractivity (Wildman–Crippen MR) is 137 cm³/mol. The number of halogens is 3. The number of benzene rings is 3. The molecule has 0 bridgehead atoms. The van der Waals surface area contributed by atoms with E-state index in [0.29, 0.717) is 29.7 Å². The summed E-state index contributed by atoms with van der Waals surface area (Å²) in [5.74, 6) is -0.532. The lowest BCUT2D eigenvalue weighted by Gasteiger charge is -2.26. The lowest BCUT2D eigenvalue weighted by Crippen LogP contribution is -2.31. The maximum Gasteiger partial charge on any atom is 0.416 e. The Bertz CT molecular complexity index is 1580. The fourth-order valence-corrected chi connectivity index (χ4v) is 5.73. The molecule has 38 heavy (non-hydrogen) atoms. The average Bonchev–Trinajstić information content (AvgIpc) is 3.18. The van der Waals surface area contributed by atoms with E-state index in [-0.39, 0.29) is 22.7 Å². The van der Waals surface area contributed by atoms with E-state index in [2.05, 4.69) is 4.98 Å². The number of fused-ring (bicyclic) bond motifs is 1. The highest BCUT2D eigenvalue weighted by Gasteiger charge is 2.35. The first-order chi connectivity index (χ1) is 17.9. The minimum absolute atomic E-state index is 0.0734. The number of aryl methyl sites for hydroxylation is 2. The van der Waals surface area contributed by atoms with Crippen LogP contribution in [-0.4, -0.2) is 29.0 Å². The van der Waals surface area contributed by atoms with Crippen molar-refractivity contribution in [2.24, 2.45) is 0 Å². The fourth-order valence-electron chi connectivity index (χ4n) is 4.29. The highest BCUT2D eigenvalue weighted by molar-refractivity contribution is 7.92. The lowest BCUT2D eigenvalue weighted by molar-refractivity contribution is -0.138. The third kappa shape index (κ3) is 5.52. The van der Waals surface area contributed by atoms with Crippen LogP contribution in [-0.2, 0) is 40.5 Å². The van der Waals surface area contributed by atoms with E-state index in [4.69, 9.17) is 0 Å². The zero-order chi connectivity index (χ0) is 27.7. The fraction of sp³-hybridized carbons (Fsp3) is 0.259. The molecule has 200 valence electrons. The molecule has 0 fully saturated rings. The molecule has 4 aromatic rings. The van der Waals surface area contributed by atoms with Gasteiger partial charge in [-0.1, -0.05) is 42.8 Å². The minimum Gasteiger partial charge on any atom is -0.480 e. The summed E-state index contributed by atoms with van der Waals surface area (Å²) < 4.78 is 71.4. The van der Waals surface area contributed by atoms with Crippen molar-refractivity contribution in [2.45, 2.75) is 50.9 Å². The van der Waals surface area contributed by atoms with Crippen LogP contribution < -0.4 is 4.31 Å².